The summed E-state index contributed by atoms with van der Waals surface area (Å²) in [5, 5.41) is 8.06. The van der Waals surface area contributed by atoms with Gasteiger partial charge in [-0.15, -0.1) is 0 Å². The Morgan fingerprint density at radius 3 is 1.33 bits per heavy atom. The zero-order valence-electron chi connectivity index (χ0n) is 12.7. The van der Waals surface area contributed by atoms with Crippen LogP contribution < -0.4 is 0 Å². The van der Waals surface area contributed by atoms with Crippen LogP contribution in [0.5, 0.6) is 0 Å². The molecule has 0 radical (unpaired) electrons. The van der Waals surface area contributed by atoms with Crippen LogP contribution in [0.25, 0.3) is 0 Å². The van der Waals surface area contributed by atoms with Crippen molar-refractivity contribution in [1.29, 1.82) is 0 Å². The van der Waals surface area contributed by atoms with E-state index in [9.17, 15) is 0 Å². The summed E-state index contributed by atoms with van der Waals surface area (Å²) in [6.07, 6.45) is 13.9. The maximum Gasteiger partial charge on any atom is 0.0483 e. The first-order valence-corrected chi connectivity index (χ1v) is 7.99. The number of rotatable bonds is 10. The van der Waals surface area contributed by atoms with Crippen molar-refractivity contribution in [3.8, 4) is 0 Å². The van der Waals surface area contributed by atoms with E-state index in [0.717, 1.165) is 5.75 Å². The quantitative estimate of drug-likeness (QED) is 0.354. The molecule has 1 nitrogen and oxygen atoms in total. The zero-order valence-corrected chi connectivity index (χ0v) is 15.1. The van der Waals surface area contributed by atoms with Crippen molar-refractivity contribution in [2.24, 2.45) is 0 Å². The Bertz CT molecular complexity index is 108. The molecule has 0 spiro atoms. The summed E-state index contributed by atoms with van der Waals surface area (Å²) in [6, 6.07) is 0. The Morgan fingerprint density at radius 2 is 1.06 bits per heavy atom. The van der Waals surface area contributed by atoms with Crippen molar-refractivity contribution in [3.05, 3.63) is 0 Å². The van der Waals surface area contributed by atoms with Crippen LogP contribution in [0.4, 0.5) is 0 Å². The zero-order chi connectivity index (χ0) is 13.4. The van der Waals surface area contributed by atoms with E-state index in [1.165, 1.54) is 64.2 Å². The van der Waals surface area contributed by atoms with Gasteiger partial charge >= 0.3 is 0 Å². The molecule has 0 aromatic heterocycles. The third-order valence-electron chi connectivity index (χ3n) is 2.50. The molecule has 0 unspecified atom stereocenters. The molecule has 0 aliphatic carbocycles. The van der Waals surface area contributed by atoms with Gasteiger partial charge in [0.1, 0.15) is 0 Å². The minimum Gasteiger partial charge on any atom is -0.793 e. The summed E-state index contributed by atoms with van der Waals surface area (Å²) in [5.74, 6) is 0.955. The van der Waals surface area contributed by atoms with Crippen LogP contribution in [-0.4, -0.2) is 17.0 Å². The van der Waals surface area contributed by atoms with E-state index in [1.54, 1.807) is 13.8 Å². The van der Waals surface area contributed by atoms with Crippen molar-refractivity contribution in [2.45, 2.75) is 91.1 Å². The second kappa shape index (κ2) is 23.1. The summed E-state index contributed by atoms with van der Waals surface area (Å²) in [7, 11) is 0. The van der Waals surface area contributed by atoms with Gasteiger partial charge in [-0.3, -0.25) is 0 Å². The molecule has 0 aromatic carbocycles. The fourth-order valence-corrected chi connectivity index (χ4v) is 1.79. The molecule has 18 heavy (non-hydrogen) atoms. The maximum atomic E-state index is 8.06. The molecule has 3 heteroatoms. The molecular weight excluding hydrogens is 276 g/mol. The molecule has 0 bridgehead atoms. The number of hydrogen-bond donors (Lipinski definition) is 1. The van der Waals surface area contributed by atoms with Crippen LogP contribution in [-0.2, 0) is 34.3 Å². The Morgan fingerprint density at radius 1 is 0.778 bits per heavy atom. The average Bonchev–Trinajstić information content (AvgIpc) is 2.26. The van der Waals surface area contributed by atoms with Gasteiger partial charge in [0.15, 0.2) is 0 Å². The van der Waals surface area contributed by atoms with E-state index in [2.05, 4.69) is 6.92 Å². The van der Waals surface area contributed by atoms with Crippen LogP contribution >= 0.6 is 0 Å². The standard InChI is InChI=1S/C12H26S.C3H8O.Ti/c1-2-3-4-5-6-7-8-9-10-11-12-13;1-3(2)4;/h13H,2-12H2,1H3;3-4H,1-2H3;/p-1. The van der Waals surface area contributed by atoms with E-state index in [0.29, 0.717) is 0 Å². The first kappa shape index (κ1) is 24.1. The molecule has 0 aliphatic rings. The van der Waals surface area contributed by atoms with Crippen LogP contribution in [0, 0.1) is 0 Å². The molecule has 0 amide bonds. The van der Waals surface area contributed by atoms with Crippen molar-refractivity contribution in [3.63, 3.8) is 0 Å². The summed E-state index contributed by atoms with van der Waals surface area (Å²) in [6.45, 7) is 5.72. The second-order valence-electron chi connectivity index (χ2n) is 4.98. The van der Waals surface area contributed by atoms with Gasteiger partial charge in [0.2, 0.25) is 0 Å². The van der Waals surface area contributed by atoms with Gasteiger partial charge in [0.25, 0.3) is 0 Å². The molecule has 0 heterocycles. The number of aliphatic hydroxyl groups excluding tert-OH is 1. The minimum atomic E-state index is -0.167. The van der Waals surface area contributed by atoms with Gasteiger partial charge in [-0.2, -0.15) is 5.75 Å². The molecule has 0 fully saturated rings. The summed E-state index contributed by atoms with van der Waals surface area (Å²) in [5.41, 5.74) is 0. The number of hydrogen-bond acceptors (Lipinski definition) is 2. The molecule has 0 saturated heterocycles. The molecule has 0 saturated carbocycles. The third kappa shape index (κ3) is 36.0. The van der Waals surface area contributed by atoms with Gasteiger partial charge < -0.3 is 17.7 Å². The van der Waals surface area contributed by atoms with E-state index in [4.69, 9.17) is 17.7 Å². The first-order valence-electron chi connectivity index (χ1n) is 7.41. The molecule has 0 atom stereocenters. The van der Waals surface area contributed by atoms with Crippen LogP contribution in [0.15, 0.2) is 0 Å². The van der Waals surface area contributed by atoms with Gasteiger partial charge in [-0.05, 0) is 13.8 Å². The van der Waals surface area contributed by atoms with Crippen molar-refractivity contribution in [1.82, 2.24) is 0 Å². The summed E-state index contributed by atoms with van der Waals surface area (Å²) >= 11 is 4.90. The average molecular weight is 309 g/mol. The van der Waals surface area contributed by atoms with Crippen molar-refractivity contribution >= 4 is 12.6 Å². The molecule has 0 rings (SSSR count). The topological polar surface area (TPSA) is 20.2 Å². The Balaban J connectivity index is -0.000000392. The third-order valence-corrected chi connectivity index (χ3v) is 2.79. The molecule has 110 valence electrons. The Labute approximate surface area is 136 Å². The smallest absolute Gasteiger partial charge is 0.0483 e. The monoisotopic (exact) mass is 309 g/mol. The molecule has 1 N–H and O–H groups in total. The van der Waals surface area contributed by atoms with E-state index >= 15 is 0 Å². The van der Waals surface area contributed by atoms with E-state index < -0.39 is 0 Å². The first-order chi connectivity index (χ1) is 8.15. The molecular formula is C15H33OSTi-. The minimum absolute atomic E-state index is 0. The molecule has 0 aliphatic heterocycles. The van der Waals surface area contributed by atoms with Crippen LogP contribution in [0.2, 0.25) is 0 Å². The van der Waals surface area contributed by atoms with E-state index in [-0.39, 0.29) is 27.8 Å². The van der Waals surface area contributed by atoms with E-state index in [1.807, 2.05) is 0 Å². The Hall–Kier alpha value is 1.02. The van der Waals surface area contributed by atoms with Crippen molar-refractivity contribution in [2.75, 3.05) is 5.75 Å². The second-order valence-corrected chi connectivity index (χ2v) is 5.39. The number of aliphatic hydroxyl groups is 1. The van der Waals surface area contributed by atoms with Gasteiger partial charge in [-0.1, -0.05) is 71.1 Å². The van der Waals surface area contributed by atoms with Gasteiger partial charge in [0, 0.05) is 27.8 Å². The summed E-state index contributed by atoms with van der Waals surface area (Å²) < 4.78 is 0. The Kier molecular flexibility index (Phi) is 30.9. The fraction of sp³-hybridized carbons (Fsp3) is 1.00. The van der Waals surface area contributed by atoms with Gasteiger partial charge in [0.05, 0.1) is 0 Å². The predicted octanol–water partition coefficient (Wildman–Crippen LogP) is 4.84. The summed E-state index contributed by atoms with van der Waals surface area (Å²) in [4.78, 5) is 0. The largest absolute Gasteiger partial charge is 0.793 e. The maximum absolute atomic E-state index is 8.06. The van der Waals surface area contributed by atoms with Crippen LogP contribution in [0.3, 0.4) is 0 Å². The predicted molar refractivity (Wildman–Crippen MR) is 81.4 cm³/mol. The normalized spacial score (nSPS) is 9.67. The SMILES string of the molecule is CC(C)O.CCCCCCCCCCCC[S-].[Ti]. The fourth-order valence-electron chi connectivity index (χ4n) is 1.59. The van der Waals surface area contributed by atoms with Crippen LogP contribution in [0.1, 0.15) is 85.0 Å². The van der Waals surface area contributed by atoms with Gasteiger partial charge in [-0.25, -0.2) is 0 Å². The molecule has 0 aromatic rings. The van der Waals surface area contributed by atoms with Crippen molar-refractivity contribution < 1.29 is 26.8 Å². The number of unbranched alkanes of at least 4 members (excludes halogenated alkanes) is 9.